The Morgan fingerprint density at radius 3 is 1.96 bits per heavy atom. The Morgan fingerprint density at radius 1 is 0.808 bits per heavy atom. The van der Waals surface area contributed by atoms with Crippen molar-refractivity contribution in [2.24, 2.45) is 0 Å². The molecular weight excluding hydrogens is 326 g/mol. The van der Waals surface area contributed by atoms with Crippen LogP contribution in [0.4, 0.5) is 0 Å². The molecule has 0 spiro atoms. The molecule has 1 heterocycles. The number of ether oxygens (including phenoxy) is 1. The lowest BCUT2D eigenvalue weighted by molar-refractivity contribution is 0.127. The van der Waals surface area contributed by atoms with Gasteiger partial charge in [-0.1, -0.05) is 51.9 Å². The number of nitrogens with zero attached hydrogens (tertiary/aromatic N) is 1. The van der Waals surface area contributed by atoms with Gasteiger partial charge in [-0.15, -0.1) is 0 Å². The van der Waals surface area contributed by atoms with Gasteiger partial charge in [0.15, 0.2) is 5.43 Å². The summed E-state index contributed by atoms with van der Waals surface area (Å²) in [6.07, 6.45) is 12.9. The first kappa shape index (κ1) is 22.8. The molecule has 0 aliphatic carbocycles. The van der Waals surface area contributed by atoms with Crippen molar-refractivity contribution in [3.05, 3.63) is 32.7 Å². The lowest BCUT2D eigenvalue weighted by Crippen LogP contribution is -2.22. The van der Waals surface area contributed by atoms with Crippen LogP contribution >= 0.6 is 0 Å². The van der Waals surface area contributed by atoms with Crippen LogP contribution in [0.1, 0.15) is 93.6 Å². The Labute approximate surface area is 159 Å². The highest BCUT2D eigenvalue weighted by atomic mass is 16.5. The summed E-state index contributed by atoms with van der Waals surface area (Å²) in [5.74, 6) is 0. The van der Waals surface area contributed by atoms with E-state index in [9.17, 15) is 10.0 Å². The third-order valence-electron chi connectivity index (χ3n) is 5.34. The van der Waals surface area contributed by atoms with Crippen molar-refractivity contribution in [3.8, 4) is 0 Å². The Balaban J connectivity index is 2.11. The third-order valence-corrected chi connectivity index (χ3v) is 5.34. The molecule has 150 valence electrons. The molecule has 1 N–H and O–H groups in total. The normalized spacial score (nSPS) is 11.2. The number of aromatic nitrogens is 1. The molecule has 0 bridgehead atoms. The van der Waals surface area contributed by atoms with Crippen molar-refractivity contribution in [2.75, 3.05) is 13.2 Å². The zero-order valence-electron chi connectivity index (χ0n) is 17.4. The van der Waals surface area contributed by atoms with Gasteiger partial charge in [0.05, 0.1) is 11.4 Å². The first-order valence-corrected chi connectivity index (χ1v) is 10.5. The van der Waals surface area contributed by atoms with Gasteiger partial charge in [0.1, 0.15) is 0 Å². The minimum atomic E-state index is 0.103. The van der Waals surface area contributed by atoms with Gasteiger partial charge >= 0.3 is 0 Å². The molecule has 0 aromatic carbocycles. The maximum atomic E-state index is 12.4. The maximum Gasteiger partial charge on any atom is 0.188 e. The SMILES string of the molecule is CCCCOCCCCCCCCCCc1c(C)n(O)c(C)c(C)c1=O. The molecule has 0 unspecified atom stereocenters. The summed E-state index contributed by atoms with van der Waals surface area (Å²) in [6, 6.07) is 0. The van der Waals surface area contributed by atoms with Crippen LogP contribution in [0.3, 0.4) is 0 Å². The van der Waals surface area contributed by atoms with E-state index in [2.05, 4.69) is 6.92 Å². The summed E-state index contributed by atoms with van der Waals surface area (Å²) in [5.41, 5.74) is 2.88. The van der Waals surface area contributed by atoms with Crippen LogP contribution in [0, 0.1) is 20.8 Å². The smallest absolute Gasteiger partial charge is 0.188 e. The summed E-state index contributed by atoms with van der Waals surface area (Å²) in [4.78, 5) is 12.4. The fourth-order valence-corrected chi connectivity index (χ4v) is 3.30. The molecule has 4 heteroatoms. The van der Waals surface area contributed by atoms with Gasteiger partial charge in [-0.25, -0.2) is 0 Å². The quantitative estimate of drug-likeness (QED) is 0.350. The van der Waals surface area contributed by atoms with Gasteiger partial charge in [0.2, 0.25) is 0 Å². The maximum absolute atomic E-state index is 12.4. The van der Waals surface area contributed by atoms with E-state index in [0.29, 0.717) is 17.0 Å². The topological polar surface area (TPSA) is 51.5 Å². The van der Waals surface area contributed by atoms with Crippen LogP contribution in [0.25, 0.3) is 0 Å². The monoisotopic (exact) mass is 365 g/mol. The molecule has 1 rings (SSSR count). The van der Waals surface area contributed by atoms with Crippen LogP contribution in [0.2, 0.25) is 0 Å². The molecule has 0 aliphatic rings. The summed E-state index contributed by atoms with van der Waals surface area (Å²) in [7, 11) is 0. The summed E-state index contributed by atoms with van der Waals surface area (Å²) in [6.45, 7) is 9.42. The molecular formula is C22H39NO3. The summed E-state index contributed by atoms with van der Waals surface area (Å²) in [5, 5.41) is 10.1. The van der Waals surface area contributed by atoms with E-state index in [0.717, 1.165) is 42.8 Å². The van der Waals surface area contributed by atoms with Gasteiger partial charge in [0.25, 0.3) is 0 Å². The molecule has 1 aromatic rings. The highest BCUT2D eigenvalue weighted by molar-refractivity contribution is 5.29. The Bertz CT molecular complexity index is 578. The highest BCUT2D eigenvalue weighted by Crippen LogP contribution is 2.14. The van der Waals surface area contributed by atoms with Crippen molar-refractivity contribution < 1.29 is 9.94 Å². The standard InChI is InChI=1S/C22H39NO3/c1-5-6-16-26-17-14-12-10-8-7-9-11-13-15-21-20(4)23(25)19(3)18(2)22(21)24/h25H,5-17H2,1-4H3. The first-order valence-electron chi connectivity index (χ1n) is 10.5. The van der Waals surface area contributed by atoms with Gasteiger partial charge in [-0.3, -0.25) is 4.79 Å². The van der Waals surface area contributed by atoms with Gasteiger partial charge in [-0.05, 0) is 46.5 Å². The van der Waals surface area contributed by atoms with Crippen molar-refractivity contribution in [3.63, 3.8) is 0 Å². The van der Waals surface area contributed by atoms with E-state index in [1.165, 1.54) is 51.4 Å². The number of hydrogen-bond donors (Lipinski definition) is 1. The molecule has 0 fully saturated rings. The van der Waals surface area contributed by atoms with Crippen LogP contribution in [0.5, 0.6) is 0 Å². The minimum absolute atomic E-state index is 0.103. The minimum Gasteiger partial charge on any atom is -0.428 e. The van der Waals surface area contributed by atoms with E-state index in [4.69, 9.17) is 4.74 Å². The average molecular weight is 366 g/mol. The molecule has 0 aliphatic heterocycles. The van der Waals surface area contributed by atoms with Crippen molar-refractivity contribution in [1.82, 2.24) is 4.73 Å². The number of unbranched alkanes of at least 4 members (excludes halogenated alkanes) is 8. The zero-order chi connectivity index (χ0) is 19.4. The Hall–Kier alpha value is -1.29. The second-order valence-corrected chi connectivity index (χ2v) is 7.46. The largest absolute Gasteiger partial charge is 0.428 e. The highest BCUT2D eigenvalue weighted by Gasteiger charge is 2.13. The van der Waals surface area contributed by atoms with Gasteiger partial charge in [-0.2, -0.15) is 4.73 Å². The molecule has 0 saturated carbocycles. The van der Waals surface area contributed by atoms with Gasteiger partial charge < -0.3 is 9.94 Å². The molecule has 4 nitrogen and oxygen atoms in total. The summed E-state index contributed by atoms with van der Waals surface area (Å²) >= 11 is 0. The second-order valence-electron chi connectivity index (χ2n) is 7.46. The van der Waals surface area contributed by atoms with E-state index in [-0.39, 0.29) is 5.43 Å². The first-order chi connectivity index (χ1) is 12.5. The molecule has 0 radical (unpaired) electrons. The fraction of sp³-hybridized carbons (Fsp3) is 0.773. The van der Waals surface area contributed by atoms with Crippen LogP contribution < -0.4 is 5.43 Å². The average Bonchev–Trinajstić information content (AvgIpc) is 2.64. The van der Waals surface area contributed by atoms with E-state index in [1.54, 1.807) is 13.8 Å². The lowest BCUT2D eigenvalue weighted by Gasteiger charge is -2.14. The van der Waals surface area contributed by atoms with Crippen LogP contribution in [-0.4, -0.2) is 23.2 Å². The molecule has 0 saturated heterocycles. The van der Waals surface area contributed by atoms with Crippen LogP contribution in [-0.2, 0) is 11.2 Å². The molecule has 0 amide bonds. The zero-order valence-corrected chi connectivity index (χ0v) is 17.4. The van der Waals surface area contributed by atoms with E-state index in [1.807, 2.05) is 6.92 Å². The molecule has 26 heavy (non-hydrogen) atoms. The molecule has 0 atom stereocenters. The molecule has 1 aromatic heterocycles. The lowest BCUT2D eigenvalue weighted by atomic mass is 10.0. The van der Waals surface area contributed by atoms with Crippen molar-refractivity contribution in [1.29, 1.82) is 0 Å². The van der Waals surface area contributed by atoms with Gasteiger partial charge in [0, 0.05) is 24.3 Å². The number of pyridine rings is 1. The number of hydrogen-bond acceptors (Lipinski definition) is 3. The van der Waals surface area contributed by atoms with Crippen molar-refractivity contribution >= 4 is 0 Å². The van der Waals surface area contributed by atoms with Crippen LogP contribution in [0.15, 0.2) is 4.79 Å². The van der Waals surface area contributed by atoms with Crippen molar-refractivity contribution in [2.45, 2.75) is 98.3 Å². The Kier molecular flexibility index (Phi) is 11.3. The number of rotatable bonds is 14. The summed E-state index contributed by atoms with van der Waals surface area (Å²) < 4.78 is 6.74. The predicted octanol–water partition coefficient (Wildman–Crippen LogP) is 5.49. The fourth-order valence-electron chi connectivity index (χ4n) is 3.30. The van der Waals surface area contributed by atoms with E-state index >= 15 is 0 Å². The third kappa shape index (κ3) is 7.53. The second kappa shape index (κ2) is 13.0. The Morgan fingerprint density at radius 2 is 1.35 bits per heavy atom. The predicted molar refractivity (Wildman–Crippen MR) is 108 cm³/mol. The van der Waals surface area contributed by atoms with E-state index < -0.39 is 0 Å².